The van der Waals surface area contributed by atoms with E-state index in [2.05, 4.69) is 5.10 Å². The summed E-state index contributed by atoms with van der Waals surface area (Å²) in [6.07, 6.45) is 3.31. The van der Waals surface area contributed by atoms with E-state index in [1.165, 1.54) is 0 Å². The molecule has 0 aliphatic carbocycles. The number of nitrogens with two attached hydrogens (primary N) is 1. The van der Waals surface area contributed by atoms with Crippen LogP contribution in [0.5, 0.6) is 0 Å². The quantitative estimate of drug-likeness (QED) is 0.919. The van der Waals surface area contributed by atoms with Gasteiger partial charge in [0.25, 0.3) is 5.91 Å². The highest BCUT2D eigenvalue weighted by Crippen LogP contribution is 2.24. The Morgan fingerprint density at radius 2 is 2.13 bits per heavy atom. The van der Waals surface area contributed by atoms with E-state index >= 15 is 0 Å². The molecule has 1 aliphatic rings. The molecule has 23 heavy (non-hydrogen) atoms. The van der Waals surface area contributed by atoms with Crippen LogP contribution in [0.4, 0.5) is 0 Å². The van der Waals surface area contributed by atoms with Crippen molar-refractivity contribution in [3.63, 3.8) is 0 Å². The fraction of sp³-hybridized carbons (Fsp3) is 0.412. The third kappa shape index (κ3) is 2.99. The minimum atomic E-state index is 0.0141. The minimum absolute atomic E-state index is 0.0141. The highest BCUT2D eigenvalue weighted by molar-refractivity contribution is 6.32. The third-order valence-electron chi connectivity index (χ3n) is 4.50. The number of para-hydroxylation sites is 1. The van der Waals surface area contributed by atoms with Crippen LogP contribution in [0.25, 0.3) is 5.69 Å². The highest BCUT2D eigenvalue weighted by Gasteiger charge is 2.29. The summed E-state index contributed by atoms with van der Waals surface area (Å²) in [7, 11) is 0. The number of nitrogens with zero attached hydrogens (tertiary/aromatic N) is 3. The number of halogens is 1. The van der Waals surface area contributed by atoms with Crippen LogP contribution < -0.4 is 5.73 Å². The molecular formula is C17H21ClN4O. The molecule has 122 valence electrons. The lowest BCUT2D eigenvalue weighted by molar-refractivity contribution is 0.0618. The predicted octanol–water partition coefficient (Wildman–Crippen LogP) is 2.79. The molecule has 1 aliphatic heterocycles. The van der Waals surface area contributed by atoms with Gasteiger partial charge in [-0.3, -0.25) is 4.79 Å². The Balaban J connectivity index is 1.90. The molecule has 5 nitrogen and oxygen atoms in total. The SMILES string of the molecule is Cc1c(C(=O)N2CCC(N)CC2C)cnn1-c1ccccc1Cl. The van der Waals surface area contributed by atoms with Gasteiger partial charge < -0.3 is 10.6 Å². The van der Waals surface area contributed by atoms with Crippen molar-refractivity contribution in [3.05, 3.63) is 46.7 Å². The van der Waals surface area contributed by atoms with E-state index in [-0.39, 0.29) is 18.0 Å². The first kappa shape index (κ1) is 16.0. The van der Waals surface area contributed by atoms with Gasteiger partial charge in [-0.25, -0.2) is 4.68 Å². The van der Waals surface area contributed by atoms with Gasteiger partial charge in [0.2, 0.25) is 0 Å². The molecule has 1 amide bonds. The Kier molecular flexibility index (Phi) is 4.41. The van der Waals surface area contributed by atoms with Gasteiger partial charge in [0.05, 0.1) is 28.2 Å². The average Bonchev–Trinajstić information content (AvgIpc) is 2.89. The lowest BCUT2D eigenvalue weighted by atomic mass is 9.98. The smallest absolute Gasteiger partial charge is 0.257 e. The first-order valence-corrected chi connectivity index (χ1v) is 8.23. The van der Waals surface area contributed by atoms with Gasteiger partial charge in [0.1, 0.15) is 0 Å². The topological polar surface area (TPSA) is 64.2 Å². The number of aromatic nitrogens is 2. The molecular weight excluding hydrogens is 312 g/mol. The molecule has 0 spiro atoms. The second kappa shape index (κ2) is 6.34. The fourth-order valence-corrected chi connectivity index (χ4v) is 3.37. The molecule has 0 bridgehead atoms. The normalized spacial score (nSPS) is 21.5. The summed E-state index contributed by atoms with van der Waals surface area (Å²) in [5.41, 5.74) is 8.18. The van der Waals surface area contributed by atoms with E-state index in [4.69, 9.17) is 17.3 Å². The van der Waals surface area contributed by atoms with Crippen molar-refractivity contribution in [2.45, 2.75) is 38.8 Å². The Bertz CT molecular complexity index is 727. The number of hydrogen-bond acceptors (Lipinski definition) is 3. The van der Waals surface area contributed by atoms with Gasteiger partial charge in [-0.2, -0.15) is 5.10 Å². The van der Waals surface area contributed by atoms with E-state index in [9.17, 15) is 4.79 Å². The molecule has 1 aromatic carbocycles. The maximum atomic E-state index is 12.9. The van der Waals surface area contributed by atoms with Gasteiger partial charge in [-0.15, -0.1) is 0 Å². The number of amides is 1. The van der Waals surface area contributed by atoms with Crippen LogP contribution in [0, 0.1) is 6.92 Å². The molecule has 2 unspecified atom stereocenters. The average molecular weight is 333 g/mol. The first-order chi connectivity index (χ1) is 11.0. The molecule has 2 N–H and O–H groups in total. The Morgan fingerprint density at radius 1 is 1.39 bits per heavy atom. The van der Waals surface area contributed by atoms with E-state index in [1.54, 1.807) is 10.9 Å². The molecule has 6 heteroatoms. The lowest BCUT2D eigenvalue weighted by Crippen LogP contribution is -2.48. The van der Waals surface area contributed by atoms with Gasteiger partial charge in [0.15, 0.2) is 0 Å². The Labute approximate surface area is 141 Å². The second-order valence-electron chi connectivity index (χ2n) is 6.14. The maximum absolute atomic E-state index is 12.9. The number of likely N-dealkylation sites (tertiary alicyclic amines) is 1. The van der Waals surface area contributed by atoms with Crippen molar-refractivity contribution in [2.75, 3.05) is 6.54 Å². The maximum Gasteiger partial charge on any atom is 0.257 e. The number of benzene rings is 1. The van der Waals surface area contributed by atoms with Gasteiger partial charge in [0, 0.05) is 18.6 Å². The summed E-state index contributed by atoms with van der Waals surface area (Å²) in [4.78, 5) is 14.8. The second-order valence-corrected chi connectivity index (χ2v) is 6.55. The van der Waals surface area contributed by atoms with E-state index in [0.717, 1.165) is 24.2 Å². The van der Waals surface area contributed by atoms with Crippen LogP contribution in [0.3, 0.4) is 0 Å². The molecule has 2 atom stereocenters. The summed E-state index contributed by atoms with van der Waals surface area (Å²) >= 11 is 6.24. The van der Waals surface area contributed by atoms with Crippen molar-refractivity contribution in [2.24, 2.45) is 5.73 Å². The fourth-order valence-electron chi connectivity index (χ4n) is 3.15. The Hall–Kier alpha value is -1.85. The first-order valence-electron chi connectivity index (χ1n) is 7.85. The third-order valence-corrected chi connectivity index (χ3v) is 4.82. The van der Waals surface area contributed by atoms with Crippen LogP contribution >= 0.6 is 11.6 Å². The van der Waals surface area contributed by atoms with Crippen molar-refractivity contribution in [3.8, 4) is 5.69 Å². The number of rotatable bonds is 2. The zero-order chi connectivity index (χ0) is 16.6. The molecule has 1 saturated heterocycles. The van der Waals surface area contributed by atoms with Gasteiger partial charge in [-0.1, -0.05) is 23.7 Å². The number of carbonyl (C=O) groups is 1. The lowest BCUT2D eigenvalue weighted by Gasteiger charge is -2.36. The Morgan fingerprint density at radius 3 is 2.83 bits per heavy atom. The largest absolute Gasteiger partial charge is 0.336 e. The molecule has 0 saturated carbocycles. The monoisotopic (exact) mass is 332 g/mol. The highest BCUT2D eigenvalue weighted by atomic mass is 35.5. The molecule has 0 radical (unpaired) electrons. The van der Waals surface area contributed by atoms with Crippen LogP contribution in [0.2, 0.25) is 5.02 Å². The number of carbonyl (C=O) groups excluding carboxylic acids is 1. The van der Waals surface area contributed by atoms with E-state index in [0.29, 0.717) is 17.1 Å². The van der Waals surface area contributed by atoms with Gasteiger partial charge in [-0.05, 0) is 38.8 Å². The predicted molar refractivity (Wildman–Crippen MR) is 91.0 cm³/mol. The zero-order valence-corrected chi connectivity index (χ0v) is 14.1. The van der Waals surface area contributed by atoms with Crippen molar-refractivity contribution >= 4 is 17.5 Å². The summed E-state index contributed by atoms with van der Waals surface area (Å²) in [6.45, 7) is 4.63. The van der Waals surface area contributed by atoms with Crippen LogP contribution in [-0.2, 0) is 0 Å². The van der Waals surface area contributed by atoms with Crippen LogP contribution in [0.1, 0.15) is 35.8 Å². The summed E-state index contributed by atoms with van der Waals surface area (Å²) in [6, 6.07) is 7.80. The van der Waals surface area contributed by atoms with E-state index in [1.807, 2.05) is 43.0 Å². The summed E-state index contributed by atoms with van der Waals surface area (Å²) in [5, 5.41) is 4.97. The minimum Gasteiger partial charge on any atom is -0.336 e. The summed E-state index contributed by atoms with van der Waals surface area (Å²) < 4.78 is 1.72. The van der Waals surface area contributed by atoms with Crippen molar-refractivity contribution in [1.29, 1.82) is 0 Å². The molecule has 1 fully saturated rings. The number of piperidine rings is 1. The van der Waals surface area contributed by atoms with Crippen LogP contribution in [0.15, 0.2) is 30.5 Å². The van der Waals surface area contributed by atoms with E-state index < -0.39 is 0 Å². The van der Waals surface area contributed by atoms with Crippen molar-refractivity contribution < 1.29 is 4.79 Å². The molecule has 2 heterocycles. The van der Waals surface area contributed by atoms with Gasteiger partial charge >= 0.3 is 0 Å². The zero-order valence-electron chi connectivity index (χ0n) is 13.4. The van der Waals surface area contributed by atoms with Crippen LogP contribution in [-0.4, -0.2) is 39.2 Å². The summed E-state index contributed by atoms with van der Waals surface area (Å²) in [5.74, 6) is 0.0141. The molecule has 3 rings (SSSR count). The van der Waals surface area contributed by atoms with Crippen molar-refractivity contribution in [1.82, 2.24) is 14.7 Å². The molecule has 1 aromatic heterocycles. The molecule has 2 aromatic rings. The number of hydrogen-bond donors (Lipinski definition) is 1. The standard InChI is InChI=1S/C17H21ClN4O/c1-11-9-13(19)7-8-21(11)17(23)14-10-20-22(12(14)2)16-6-4-3-5-15(16)18/h3-6,10-11,13H,7-9,19H2,1-2H3.